The molecule has 2 nitrogen and oxygen atoms in total. The van der Waals surface area contributed by atoms with Crippen LogP contribution in [0.3, 0.4) is 0 Å². The monoisotopic (exact) mass is 282 g/mol. The molecule has 0 saturated heterocycles. The van der Waals surface area contributed by atoms with Crippen molar-refractivity contribution in [2.24, 2.45) is 0 Å². The number of halogens is 1. The van der Waals surface area contributed by atoms with Gasteiger partial charge < -0.3 is 10.0 Å². The van der Waals surface area contributed by atoms with Crippen molar-refractivity contribution in [3.63, 3.8) is 0 Å². The Morgan fingerprint density at radius 1 is 0.800 bits per heavy atom. The minimum absolute atomic E-state index is 0.474. The molecule has 0 amide bonds. The Bertz CT molecular complexity index is 771. The smallest absolute Gasteiger partial charge is 0.423 e. The average Bonchev–Trinajstić information content (AvgIpc) is 2.47. The molecule has 0 heterocycles. The second-order valence-electron chi connectivity index (χ2n) is 4.64. The van der Waals surface area contributed by atoms with Crippen molar-refractivity contribution in [1.82, 2.24) is 0 Å². The molecule has 0 fully saturated rings. The molecule has 0 unspecified atom stereocenters. The Morgan fingerprint density at radius 3 is 2.30 bits per heavy atom. The van der Waals surface area contributed by atoms with Gasteiger partial charge in [-0.1, -0.05) is 66.2 Å². The fraction of sp³-hybridized carbons (Fsp3) is 0. The molecule has 0 saturated carbocycles. The molecule has 3 rings (SSSR count). The Labute approximate surface area is 122 Å². The Hall–Kier alpha value is -1.81. The third-order valence-electron chi connectivity index (χ3n) is 3.36. The minimum Gasteiger partial charge on any atom is -0.423 e. The number of fused-ring (bicyclic) bond motifs is 1. The van der Waals surface area contributed by atoms with Gasteiger partial charge in [0.1, 0.15) is 0 Å². The maximum absolute atomic E-state index is 9.29. The van der Waals surface area contributed by atoms with Crippen LogP contribution in [0.5, 0.6) is 0 Å². The van der Waals surface area contributed by atoms with Crippen molar-refractivity contribution in [3.8, 4) is 11.1 Å². The van der Waals surface area contributed by atoms with E-state index in [-0.39, 0.29) is 0 Å². The molecular formula is C16H12BClO2. The molecule has 0 radical (unpaired) electrons. The first kappa shape index (κ1) is 13.2. The highest BCUT2D eigenvalue weighted by atomic mass is 35.5. The summed E-state index contributed by atoms with van der Waals surface area (Å²) in [5, 5.41) is 21.3. The molecule has 0 spiro atoms. The fourth-order valence-corrected chi connectivity index (χ4v) is 2.63. The van der Waals surface area contributed by atoms with Crippen molar-refractivity contribution in [2.45, 2.75) is 0 Å². The van der Waals surface area contributed by atoms with Gasteiger partial charge in [-0.3, -0.25) is 0 Å². The fourth-order valence-electron chi connectivity index (χ4n) is 2.39. The van der Waals surface area contributed by atoms with Crippen molar-refractivity contribution in [1.29, 1.82) is 0 Å². The summed E-state index contributed by atoms with van der Waals surface area (Å²) < 4.78 is 0. The van der Waals surface area contributed by atoms with E-state index in [4.69, 9.17) is 11.6 Å². The van der Waals surface area contributed by atoms with Crippen LogP contribution < -0.4 is 5.46 Å². The maximum atomic E-state index is 9.29. The van der Waals surface area contributed by atoms with E-state index in [1.807, 2.05) is 48.5 Å². The van der Waals surface area contributed by atoms with Gasteiger partial charge in [-0.2, -0.15) is 0 Å². The largest absolute Gasteiger partial charge is 0.488 e. The quantitative estimate of drug-likeness (QED) is 0.710. The summed E-state index contributed by atoms with van der Waals surface area (Å²) >= 11 is 6.22. The minimum atomic E-state index is -1.46. The lowest BCUT2D eigenvalue weighted by Gasteiger charge is -2.09. The molecule has 2 N–H and O–H groups in total. The molecular weight excluding hydrogens is 270 g/mol. The number of hydrogen-bond acceptors (Lipinski definition) is 2. The van der Waals surface area contributed by atoms with E-state index < -0.39 is 7.12 Å². The summed E-state index contributed by atoms with van der Waals surface area (Å²) in [6.45, 7) is 0. The zero-order valence-corrected chi connectivity index (χ0v) is 11.4. The van der Waals surface area contributed by atoms with Crippen LogP contribution in [0, 0.1) is 0 Å². The molecule has 0 aliphatic rings. The lowest BCUT2D eigenvalue weighted by atomic mass is 9.79. The van der Waals surface area contributed by atoms with Crippen molar-refractivity contribution >= 4 is 35.0 Å². The van der Waals surface area contributed by atoms with Gasteiger partial charge >= 0.3 is 7.12 Å². The Balaban J connectivity index is 2.25. The van der Waals surface area contributed by atoms with Crippen LogP contribution in [0.1, 0.15) is 0 Å². The predicted molar refractivity (Wildman–Crippen MR) is 84.2 cm³/mol. The van der Waals surface area contributed by atoms with E-state index in [0.717, 1.165) is 21.9 Å². The van der Waals surface area contributed by atoms with E-state index in [0.29, 0.717) is 10.5 Å². The highest BCUT2D eigenvalue weighted by molar-refractivity contribution is 6.58. The van der Waals surface area contributed by atoms with Gasteiger partial charge in [0.05, 0.1) is 0 Å². The van der Waals surface area contributed by atoms with Crippen molar-refractivity contribution < 1.29 is 10.0 Å². The van der Waals surface area contributed by atoms with Crippen LogP contribution >= 0.6 is 11.6 Å². The molecule has 0 aliphatic carbocycles. The molecule has 4 heteroatoms. The highest BCUT2D eigenvalue weighted by Gasteiger charge is 2.12. The van der Waals surface area contributed by atoms with Gasteiger partial charge in [0.25, 0.3) is 0 Å². The normalized spacial score (nSPS) is 10.8. The SMILES string of the molecule is OB(O)c1cccc(-c2cccc3c(Cl)cccc23)c1. The summed E-state index contributed by atoms with van der Waals surface area (Å²) in [7, 11) is -1.46. The van der Waals surface area contributed by atoms with E-state index >= 15 is 0 Å². The summed E-state index contributed by atoms with van der Waals surface area (Å²) in [6, 6.07) is 18.9. The van der Waals surface area contributed by atoms with Crippen LogP contribution in [0.2, 0.25) is 5.02 Å². The number of hydrogen-bond donors (Lipinski definition) is 2. The zero-order chi connectivity index (χ0) is 14.1. The van der Waals surface area contributed by atoms with Crippen molar-refractivity contribution in [3.05, 3.63) is 65.7 Å². The summed E-state index contributed by atoms with van der Waals surface area (Å²) in [5.74, 6) is 0. The van der Waals surface area contributed by atoms with Gasteiger partial charge in [-0.25, -0.2) is 0 Å². The first-order valence-corrected chi connectivity index (χ1v) is 6.68. The maximum Gasteiger partial charge on any atom is 0.488 e. The second kappa shape index (κ2) is 5.29. The molecule has 20 heavy (non-hydrogen) atoms. The first-order valence-electron chi connectivity index (χ1n) is 6.30. The zero-order valence-electron chi connectivity index (χ0n) is 10.6. The van der Waals surface area contributed by atoms with Gasteiger partial charge in [0.15, 0.2) is 0 Å². The summed E-state index contributed by atoms with van der Waals surface area (Å²) in [5.41, 5.74) is 2.43. The molecule has 3 aromatic carbocycles. The first-order chi connectivity index (χ1) is 9.66. The van der Waals surface area contributed by atoms with Crippen LogP contribution in [-0.2, 0) is 0 Å². The Morgan fingerprint density at radius 2 is 1.50 bits per heavy atom. The van der Waals surface area contributed by atoms with E-state index in [9.17, 15) is 10.0 Å². The number of benzene rings is 3. The Kier molecular flexibility index (Phi) is 3.49. The molecule has 0 bridgehead atoms. The van der Waals surface area contributed by atoms with Crippen LogP contribution in [0.4, 0.5) is 0 Å². The third kappa shape index (κ3) is 2.31. The van der Waals surface area contributed by atoms with Gasteiger partial charge in [0, 0.05) is 10.4 Å². The lowest BCUT2D eigenvalue weighted by molar-refractivity contribution is 0.426. The van der Waals surface area contributed by atoms with E-state index in [1.54, 1.807) is 12.1 Å². The van der Waals surface area contributed by atoms with Gasteiger partial charge in [-0.15, -0.1) is 0 Å². The average molecular weight is 283 g/mol. The van der Waals surface area contributed by atoms with Crippen LogP contribution in [0.25, 0.3) is 21.9 Å². The number of rotatable bonds is 2. The highest BCUT2D eigenvalue weighted by Crippen LogP contribution is 2.31. The lowest BCUT2D eigenvalue weighted by Crippen LogP contribution is -2.29. The van der Waals surface area contributed by atoms with E-state index in [2.05, 4.69) is 0 Å². The van der Waals surface area contributed by atoms with Gasteiger partial charge in [-0.05, 0) is 28.0 Å². The second-order valence-corrected chi connectivity index (χ2v) is 5.05. The topological polar surface area (TPSA) is 40.5 Å². The predicted octanol–water partition coefficient (Wildman–Crippen LogP) is 2.84. The third-order valence-corrected chi connectivity index (χ3v) is 3.69. The molecule has 98 valence electrons. The molecule has 3 aromatic rings. The summed E-state index contributed by atoms with van der Waals surface area (Å²) in [4.78, 5) is 0. The van der Waals surface area contributed by atoms with Crippen LogP contribution in [0.15, 0.2) is 60.7 Å². The standard InChI is InChI=1S/C16H12BClO2/c18-16-9-3-7-14-13(6-2-8-15(14)16)11-4-1-5-12(10-11)17(19)20/h1-10,19-20H. The molecule has 0 atom stereocenters. The van der Waals surface area contributed by atoms with Gasteiger partial charge in [0.2, 0.25) is 0 Å². The van der Waals surface area contributed by atoms with E-state index in [1.165, 1.54) is 0 Å². The molecule has 0 aliphatic heterocycles. The van der Waals surface area contributed by atoms with Crippen LogP contribution in [-0.4, -0.2) is 17.2 Å². The summed E-state index contributed by atoms with van der Waals surface area (Å²) in [6.07, 6.45) is 0. The molecule has 0 aromatic heterocycles. The van der Waals surface area contributed by atoms with Crippen molar-refractivity contribution in [2.75, 3.05) is 0 Å².